The molecule has 0 aromatic heterocycles. The molecule has 1 aliphatic heterocycles. The largest absolute Gasteiger partial charge is 0.490 e. The number of nitrogens with zero attached hydrogens (tertiary/aromatic N) is 1. The van der Waals surface area contributed by atoms with Gasteiger partial charge in [-0.3, -0.25) is 4.79 Å². The third-order valence-corrected chi connectivity index (χ3v) is 5.50. The molecule has 4 heteroatoms. The molecule has 1 aromatic carbocycles. The number of para-hydroxylation sites is 1. The van der Waals surface area contributed by atoms with E-state index in [4.69, 9.17) is 4.74 Å². The van der Waals surface area contributed by atoms with Crippen LogP contribution in [0.2, 0.25) is 0 Å². The molecule has 1 amide bonds. The first kappa shape index (κ1) is 17.3. The molecule has 1 aromatic rings. The molecule has 0 radical (unpaired) electrons. The second kappa shape index (κ2) is 7.14. The van der Waals surface area contributed by atoms with Gasteiger partial charge in [-0.1, -0.05) is 31.0 Å². The van der Waals surface area contributed by atoms with E-state index in [1.54, 1.807) is 0 Å². The molecule has 4 nitrogen and oxygen atoms in total. The molecule has 1 N–H and O–H groups in total. The lowest BCUT2D eigenvalue weighted by Gasteiger charge is -2.34. The number of benzene rings is 1. The Bertz CT molecular complexity index is 564. The number of piperidine rings is 1. The van der Waals surface area contributed by atoms with E-state index in [-0.39, 0.29) is 18.4 Å². The van der Waals surface area contributed by atoms with Crippen molar-refractivity contribution in [3.05, 3.63) is 29.3 Å². The zero-order valence-corrected chi connectivity index (χ0v) is 14.9. The van der Waals surface area contributed by atoms with Crippen molar-refractivity contribution < 1.29 is 14.6 Å². The first-order valence-electron chi connectivity index (χ1n) is 9.20. The summed E-state index contributed by atoms with van der Waals surface area (Å²) in [6.45, 7) is 5.60. The average Bonchev–Trinajstić information content (AvgIpc) is 2.98. The molecule has 1 aliphatic carbocycles. The maximum atomic E-state index is 12.5. The van der Waals surface area contributed by atoms with E-state index in [2.05, 4.69) is 26.0 Å². The van der Waals surface area contributed by atoms with E-state index in [1.165, 1.54) is 0 Å². The van der Waals surface area contributed by atoms with Gasteiger partial charge in [0.05, 0.1) is 12.0 Å². The highest BCUT2D eigenvalue weighted by Gasteiger charge is 2.35. The van der Waals surface area contributed by atoms with Crippen molar-refractivity contribution in [3.8, 4) is 5.75 Å². The Morgan fingerprint density at radius 2 is 1.79 bits per heavy atom. The maximum absolute atomic E-state index is 12.5. The summed E-state index contributed by atoms with van der Waals surface area (Å²) in [4.78, 5) is 14.4. The Morgan fingerprint density at radius 1 is 1.21 bits per heavy atom. The number of aliphatic hydroxyl groups is 1. The molecular weight excluding hydrogens is 302 g/mol. The maximum Gasteiger partial charge on any atom is 0.225 e. The van der Waals surface area contributed by atoms with Crippen molar-refractivity contribution in [2.75, 3.05) is 13.1 Å². The van der Waals surface area contributed by atoms with Crippen LogP contribution in [0.3, 0.4) is 0 Å². The van der Waals surface area contributed by atoms with Gasteiger partial charge in [-0.2, -0.15) is 0 Å². The standard InChI is InChI=1S/C20H29NO3/c1-15-6-5-7-16(2)19(15)24-17-8-12-21(13-9-17)18(22)14-20(23)10-3-4-11-20/h5-7,17,23H,3-4,8-14H2,1-2H3. The number of amides is 1. The van der Waals surface area contributed by atoms with E-state index in [9.17, 15) is 9.90 Å². The molecule has 3 rings (SSSR count). The van der Waals surface area contributed by atoms with Gasteiger partial charge in [0.15, 0.2) is 0 Å². The van der Waals surface area contributed by atoms with Crippen LogP contribution >= 0.6 is 0 Å². The number of ether oxygens (including phenoxy) is 1. The molecule has 1 saturated carbocycles. The zero-order valence-electron chi connectivity index (χ0n) is 14.9. The summed E-state index contributed by atoms with van der Waals surface area (Å²) >= 11 is 0. The minimum Gasteiger partial charge on any atom is -0.490 e. The van der Waals surface area contributed by atoms with Gasteiger partial charge in [0.25, 0.3) is 0 Å². The van der Waals surface area contributed by atoms with Crippen molar-refractivity contribution in [1.82, 2.24) is 4.90 Å². The van der Waals surface area contributed by atoms with Crippen LogP contribution in [0.25, 0.3) is 0 Å². The molecule has 2 fully saturated rings. The molecule has 0 bridgehead atoms. The highest BCUT2D eigenvalue weighted by molar-refractivity contribution is 5.77. The van der Waals surface area contributed by atoms with Crippen molar-refractivity contribution in [3.63, 3.8) is 0 Å². The monoisotopic (exact) mass is 331 g/mol. The summed E-state index contributed by atoms with van der Waals surface area (Å²) in [5.74, 6) is 1.09. The van der Waals surface area contributed by atoms with Gasteiger partial charge in [0.1, 0.15) is 11.9 Å². The number of likely N-dealkylation sites (tertiary alicyclic amines) is 1. The lowest BCUT2D eigenvalue weighted by molar-refractivity contribution is -0.138. The van der Waals surface area contributed by atoms with Gasteiger partial charge >= 0.3 is 0 Å². The first-order valence-corrected chi connectivity index (χ1v) is 9.20. The lowest BCUT2D eigenvalue weighted by atomic mass is 9.96. The summed E-state index contributed by atoms with van der Waals surface area (Å²) in [5.41, 5.74) is 1.58. The summed E-state index contributed by atoms with van der Waals surface area (Å²) in [5, 5.41) is 10.4. The van der Waals surface area contributed by atoms with Gasteiger partial charge < -0.3 is 14.7 Å². The fraction of sp³-hybridized carbons (Fsp3) is 0.650. The fourth-order valence-electron chi connectivity index (χ4n) is 3.98. The Labute approximate surface area is 144 Å². The van der Waals surface area contributed by atoms with Crippen LogP contribution in [0.5, 0.6) is 5.75 Å². The molecule has 0 unspecified atom stereocenters. The van der Waals surface area contributed by atoms with E-state index in [0.717, 1.165) is 68.5 Å². The molecule has 132 valence electrons. The Morgan fingerprint density at radius 3 is 2.38 bits per heavy atom. The number of hydrogen-bond donors (Lipinski definition) is 1. The zero-order chi connectivity index (χ0) is 17.2. The van der Waals surface area contributed by atoms with Crippen LogP contribution in [0, 0.1) is 13.8 Å². The molecule has 0 atom stereocenters. The Balaban J connectivity index is 1.51. The van der Waals surface area contributed by atoms with Gasteiger partial charge in [0.2, 0.25) is 5.91 Å². The third kappa shape index (κ3) is 3.92. The second-order valence-electron chi connectivity index (χ2n) is 7.53. The number of rotatable bonds is 4. The first-order chi connectivity index (χ1) is 11.5. The van der Waals surface area contributed by atoms with Gasteiger partial charge in [-0.15, -0.1) is 0 Å². The van der Waals surface area contributed by atoms with Crippen molar-refractivity contribution in [2.24, 2.45) is 0 Å². The number of aryl methyl sites for hydroxylation is 2. The van der Waals surface area contributed by atoms with Crippen LogP contribution in [0.4, 0.5) is 0 Å². The smallest absolute Gasteiger partial charge is 0.225 e. The van der Waals surface area contributed by atoms with Crippen LogP contribution in [-0.4, -0.2) is 40.7 Å². The number of hydrogen-bond acceptors (Lipinski definition) is 3. The summed E-state index contributed by atoms with van der Waals surface area (Å²) in [6.07, 6.45) is 5.79. The van der Waals surface area contributed by atoms with Gasteiger partial charge in [-0.05, 0) is 37.8 Å². The van der Waals surface area contributed by atoms with Crippen molar-refractivity contribution in [2.45, 2.75) is 70.5 Å². The molecular formula is C20H29NO3. The van der Waals surface area contributed by atoms with Crippen LogP contribution < -0.4 is 4.74 Å². The molecule has 0 spiro atoms. The molecule has 2 aliphatic rings. The normalized spacial score (nSPS) is 21.0. The molecule has 1 saturated heterocycles. The van der Waals surface area contributed by atoms with E-state index < -0.39 is 5.60 Å². The predicted molar refractivity (Wildman–Crippen MR) is 94.2 cm³/mol. The Kier molecular flexibility index (Phi) is 5.14. The topological polar surface area (TPSA) is 49.8 Å². The van der Waals surface area contributed by atoms with E-state index in [1.807, 2.05) is 11.0 Å². The van der Waals surface area contributed by atoms with Gasteiger partial charge in [0, 0.05) is 25.9 Å². The van der Waals surface area contributed by atoms with E-state index >= 15 is 0 Å². The highest BCUT2D eigenvalue weighted by Crippen LogP contribution is 2.33. The van der Waals surface area contributed by atoms with Crippen molar-refractivity contribution in [1.29, 1.82) is 0 Å². The minimum atomic E-state index is -0.747. The van der Waals surface area contributed by atoms with Crippen LogP contribution in [-0.2, 0) is 4.79 Å². The summed E-state index contributed by atoms with van der Waals surface area (Å²) in [6, 6.07) is 6.19. The summed E-state index contributed by atoms with van der Waals surface area (Å²) < 4.78 is 6.21. The lowest BCUT2D eigenvalue weighted by Crippen LogP contribution is -2.44. The SMILES string of the molecule is Cc1cccc(C)c1OC1CCN(C(=O)CC2(O)CCCC2)CC1. The highest BCUT2D eigenvalue weighted by atomic mass is 16.5. The number of carbonyl (C=O) groups is 1. The van der Waals surface area contributed by atoms with Crippen LogP contribution in [0.1, 0.15) is 56.1 Å². The fourth-order valence-corrected chi connectivity index (χ4v) is 3.98. The summed E-state index contributed by atoms with van der Waals surface area (Å²) in [7, 11) is 0. The van der Waals surface area contributed by atoms with E-state index in [0.29, 0.717) is 0 Å². The second-order valence-corrected chi connectivity index (χ2v) is 7.53. The van der Waals surface area contributed by atoms with Crippen molar-refractivity contribution >= 4 is 5.91 Å². The third-order valence-electron chi connectivity index (χ3n) is 5.50. The Hall–Kier alpha value is -1.55. The average molecular weight is 331 g/mol. The molecule has 24 heavy (non-hydrogen) atoms. The van der Waals surface area contributed by atoms with Gasteiger partial charge in [-0.25, -0.2) is 0 Å². The minimum absolute atomic E-state index is 0.102. The number of carbonyl (C=O) groups excluding carboxylic acids is 1. The van der Waals surface area contributed by atoms with Crippen LogP contribution in [0.15, 0.2) is 18.2 Å². The predicted octanol–water partition coefficient (Wildman–Crippen LogP) is 3.37. The quantitative estimate of drug-likeness (QED) is 0.920. The molecule has 1 heterocycles.